The van der Waals surface area contributed by atoms with Gasteiger partial charge in [0.2, 0.25) is 5.91 Å². The molecule has 2 amide bonds. The summed E-state index contributed by atoms with van der Waals surface area (Å²) in [6.07, 6.45) is 2.39. The maximum Gasteiger partial charge on any atom is 0.251 e. The molecule has 2 aromatic rings. The van der Waals surface area contributed by atoms with Crippen LogP contribution in [-0.4, -0.2) is 42.9 Å². The Labute approximate surface area is 177 Å². The summed E-state index contributed by atoms with van der Waals surface area (Å²) in [6.45, 7) is 8.89. The standard InChI is InChI=1S/C23H31N3O2S/c1-16-6-8-26(9-7-16)20(21-5-4-10-29-21)14-24-22(27)15-25-23(28)19-12-17(2)11-18(3)13-19/h4-5,10-13,16,20H,6-9,14-15H2,1-3H3,(H,24,27)(H,25,28). The molecule has 1 aromatic carbocycles. The first-order valence-corrected chi connectivity index (χ1v) is 11.2. The zero-order valence-electron chi connectivity index (χ0n) is 17.5. The van der Waals surface area contributed by atoms with E-state index in [0.717, 1.165) is 30.1 Å². The van der Waals surface area contributed by atoms with Gasteiger partial charge >= 0.3 is 0 Å². The number of hydrogen-bond acceptors (Lipinski definition) is 4. The van der Waals surface area contributed by atoms with Gasteiger partial charge in [-0.15, -0.1) is 11.3 Å². The van der Waals surface area contributed by atoms with Crippen molar-refractivity contribution in [3.63, 3.8) is 0 Å². The summed E-state index contributed by atoms with van der Waals surface area (Å²) < 4.78 is 0. The number of carbonyl (C=O) groups excluding carboxylic acids is 2. The lowest BCUT2D eigenvalue weighted by Crippen LogP contribution is -2.44. The van der Waals surface area contributed by atoms with Crippen molar-refractivity contribution in [3.8, 4) is 0 Å². The molecule has 1 aliphatic rings. The number of rotatable bonds is 7. The van der Waals surface area contributed by atoms with Crippen molar-refractivity contribution >= 4 is 23.2 Å². The van der Waals surface area contributed by atoms with Crippen LogP contribution in [0.1, 0.15) is 52.2 Å². The van der Waals surface area contributed by atoms with Crippen molar-refractivity contribution in [1.29, 1.82) is 0 Å². The van der Waals surface area contributed by atoms with E-state index in [1.807, 2.05) is 32.0 Å². The van der Waals surface area contributed by atoms with Crippen LogP contribution in [0.2, 0.25) is 0 Å². The topological polar surface area (TPSA) is 61.4 Å². The molecule has 0 spiro atoms. The molecule has 156 valence electrons. The zero-order chi connectivity index (χ0) is 20.8. The van der Waals surface area contributed by atoms with Gasteiger partial charge in [-0.05, 0) is 69.3 Å². The monoisotopic (exact) mass is 413 g/mol. The van der Waals surface area contributed by atoms with Crippen molar-refractivity contribution in [2.24, 2.45) is 5.92 Å². The van der Waals surface area contributed by atoms with Crippen molar-refractivity contribution in [2.45, 2.75) is 39.7 Å². The summed E-state index contributed by atoms with van der Waals surface area (Å²) in [5.41, 5.74) is 2.66. The van der Waals surface area contributed by atoms with Gasteiger partial charge in [0.25, 0.3) is 5.91 Å². The molecule has 1 aromatic heterocycles. The van der Waals surface area contributed by atoms with Crippen LogP contribution in [0.15, 0.2) is 35.7 Å². The Bertz CT molecular complexity index is 806. The molecule has 6 heteroatoms. The minimum absolute atomic E-state index is 0.0139. The molecule has 1 atom stereocenters. The summed E-state index contributed by atoms with van der Waals surface area (Å²) in [5, 5.41) is 7.84. The lowest BCUT2D eigenvalue weighted by atomic mass is 9.97. The summed E-state index contributed by atoms with van der Waals surface area (Å²) in [6, 6.07) is 10.1. The second-order valence-electron chi connectivity index (χ2n) is 8.11. The lowest BCUT2D eigenvalue weighted by molar-refractivity contribution is -0.120. The van der Waals surface area contributed by atoms with E-state index in [4.69, 9.17) is 0 Å². The van der Waals surface area contributed by atoms with Gasteiger partial charge < -0.3 is 10.6 Å². The fraction of sp³-hybridized carbons (Fsp3) is 0.478. The number of carbonyl (C=O) groups is 2. The van der Waals surface area contributed by atoms with Crippen LogP contribution in [0.3, 0.4) is 0 Å². The molecule has 1 saturated heterocycles. The van der Waals surface area contributed by atoms with Gasteiger partial charge in [-0.1, -0.05) is 30.2 Å². The molecule has 0 radical (unpaired) electrons. The maximum atomic E-state index is 12.4. The van der Waals surface area contributed by atoms with Crippen LogP contribution in [0.25, 0.3) is 0 Å². The van der Waals surface area contributed by atoms with E-state index in [9.17, 15) is 9.59 Å². The number of likely N-dealkylation sites (tertiary alicyclic amines) is 1. The van der Waals surface area contributed by atoms with Gasteiger partial charge in [-0.25, -0.2) is 0 Å². The Morgan fingerprint density at radius 1 is 1.14 bits per heavy atom. The van der Waals surface area contributed by atoms with E-state index in [-0.39, 0.29) is 24.4 Å². The molecule has 0 saturated carbocycles. The van der Waals surface area contributed by atoms with Crippen LogP contribution < -0.4 is 10.6 Å². The molecule has 1 fully saturated rings. The average Bonchev–Trinajstić information content (AvgIpc) is 3.21. The van der Waals surface area contributed by atoms with E-state index in [1.165, 1.54) is 17.7 Å². The number of aryl methyl sites for hydroxylation is 2. The molecular weight excluding hydrogens is 382 g/mol. The largest absolute Gasteiger partial charge is 0.353 e. The van der Waals surface area contributed by atoms with Gasteiger partial charge in [0, 0.05) is 17.0 Å². The van der Waals surface area contributed by atoms with Gasteiger partial charge in [-0.2, -0.15) is 0 Å². The molecule has 1 unspecified atom stereocenters. The number of thiophene rings is 1. The van der Waals surface area contributed by atoms with E-state index in [1.54, 1.807) is 11.3 Å². The minimum Gasteiger partial charge on any atom is -0.353 e. The SMILES string of the molecule is Cc1cc(C)cc(C(=O)NCC(=O)NCC(c2cccs2)N2CCC(C)CC2)c1. The zero-order valence-corrected chi connectivity index (χ0v) is 18.3. The van der Waals surface area contributed by atoms with Crippen molar-refractivity contribution in [1.82, 2.24) is 15.5 Å². The molecule has 2 heterocycles. The summed E-state index contributed by atoms with van der Waals surface area (Å²) in [5.74, 6) is 0.395. The normalized spacial score (nSPS) is 16.4. The first-order valence-electron chi connectivity index (χ1n) is 10.3. The van der Waals surface area contributed by atoms with Crippen molar-refractivity contribution in [3.05, 3.63) is 57.3 Å². The molecular formula is C23H31N3O2S. The lowest BCUT2D eigenvalue weighted by Gasteiger charge is -2.36. The van der Waals surface area contributed by atoms with Crippen LogP contribution in [0, 0.1) is 19.8 Å². The first kappa shape index (κ1) is 21.5. The van der Waals surface area contributed by atoms with Crippen LogP contribution in [0.4, 0.5) is 0 Å². The number of amides is 2. The first-order chi connectivity index (χ1) is 13.9. The number of piperidine rings is 1. The third-order valence-electron chi connectivity index (χ3n) is 5.52. The summed E-state index contributed by atoms with van der Waals surface area (Å²) in [7, 11) is 0. The van der Waals surface area contributed by atoms with Gasteiger partial charge in [0.1, 0.15) is 0 Å². The highest BCUT2D eigenvalue weighted by Gasteiger charge is 2.25. The van der Waals surface area contributed by atoms with E-state index in [0.29, 0.717) is 12.1 Å². The van der Waals surface area contributed by atoms with Crippen molar-refractivity contribution in [2.75, 3.05) is 26.2 Å². The van der Waals surface area contributed by atoms with E-state index >= 15 is 0 Å². The molecule has 1 aliphatic heterocycles. The molecule has 0 bridgehead atoms. The highest BCUT2D eigenvalue weighted by molar-refractivity contribution is 7.10. The van der Waals surface area contributed by atoms with Crippen LogP contribution in [0.5, 0.6) is 0 Å². The Kier molecular flexibility index (Phi) is 7.45. The highest BCUT2D eigenvalue weighted by Crippen LogP contribution is 2.29. The summed E-state index contributed by atoms with van der Waals surface area (Å²) in [4.78, 5) is 28.5. The highest BCUT2D eigenvalue weighted by atomic mass is 32.1. The van der Waals surface area contributed by atoms with Gasteiger partial charge in [-0.3, -0.25) is 14.5 Å². The van der Waals surface area contributed by atoms with Crippen LogP contribution in [-0.2, 0) is 4.79 Å². The molecule has 5 nitrogen and oxygen atoms in total. The number of hydrogen-bond donors (Lipinski definition) is 2. The third kappa shape index (κ3) is 6.15. The Morgan fingerprint density at radius 2 is 1.83 bits per heavy atom. The predicted octanol–water partition coefficient (Wildman–Crippen LogP) is 3.68. The number of nitrogens with zero attached hydrogens (tertiary/aromatic N) is 1. The summed E-state index contributed by atoms with van der Waals surface area (Å²) >= 11 is 1.73. The fourth-order valence-electron chi connectivity index (χ4n) is 3.87. The second kappa shape index (κ2) is 10.0. The smallest absolute Gasteiger partial charge is 0.251 e. The minimum atomic E-state index is -0.216. The molecule has 29 heavy (non-hydrogen) atoms. The quantitative estimate of drug-likeness (QED) is 0.728. The predicted molar refractivity (Wildman–Crippen MR) is 118 cm³/mol. The Balaban J connectivity index is 1.52. The Morgan fingerprint density at radius 3 is 2.45 bits per heavy atom. The maximum absolute atomic E-state index is 12.4. The fourth-order valence-corrected chi connectivity index (χ4v) is 4.73. The second-order valence-corrected chi connectivity index (χ2v) is 9.09. The molecule has 0 aliphatic carbocycles. The number of benzene rings is 1. The van der Waals surface area contributed by atoms with Gasteiger partial charge in [0.15, 0.2) is 0 Å². The third-order valence-corrected chi connectivity index (χ3v) is 6.49. The number of nitrogens with one attached hydrogen (secondary N) is 2. The average molecular weight is 414 g/mol. The van der Waals surface area contributed by atoms with E-state index < -0.39 is 0 Å². The Hall–Kier alpha value is -2.18. The van der Waals surface area contributed by atoms with Gasteiger partial charge in [0.05, 0.1) is 12.6 Å². The molecule has 2 N–H and O–H groups in total. The van der Waals surface area contributed by atoms with Crippen LogP contribution >= 0.6 is 11.3 Å². The van der Waals surface area contributed by atoms with E-state index in [2.05, 4.69) is 40.0 Å². The molecule has 3 rings (SSSR count). The van der Waals surface area contributed by atoms with Crippen molar-refractivity contribution < 1.29 is 9.59 Å².